The lowest BCUT2D eigenvalue weighted by Gasteiger charge is -2.29. The Labute approximate surface area is 259 Å². The van der Waals surface area contributed by atoms with Gasteiger partial charge in [0.2, 0.25) is 5.72 Å². The summed E-state index contributed by atoms with van der Waals surface area (Å²) in [6.07, 6.45) is -3.61. The Bertz CT molecular complexity index is 1830. The van der Waals surface area contributed by atoms with Crippen molar-refractivity contribution >= 4 is 23.5 Å². The Morgan fingerprint density at radius 3 is 2.38 bits per heavy atom. The fourth-order valence-electron chi connectivity index (χ4n) is 4.53. The number of nitrogens with one attached hydrogen (secondary N) is 1. The standard InChI is InChI=1S/C30H24ClN5O9/c31-22-13-7-12-21(16-22)27(38)41-18-30(34-35-32)25(43-28(39)20-10-5-2-6-11-20)24(45-42-17-19-8-3-1-4-9-19)26(44-30)36-15-14-23(37)33-29(36)40/h1-16,24-26H,17-18H2,(H,33,37,40)/t24-,25+,26-,30-/m1/s1. The molecule has 0 bridgehead atoms. The van der Waals surface area contributed by atoms with E-state index >= 15 is 0 Å². The minimum Gasteiger partial charge on any atom is -0.459 e. The highest BCUT2D eigenvalue weighted by Crippen LogP contribution is 2.42. The average molecular weight is 634 g/mol. The van der Waals surface area contributed by atoms with E-state index in [4.69, 9.17) is 35.6 Å². The molecular weight excluding hydrogens is 610 g/mol. The summed E-state index contributed by atoms with van der Waals surface area (Å²) in [6.45, 7) is -0.884. The van der Waals surface area contributed by atoms with E-state index in [1.807, 2.05) is 6.07 Å². The molecule has 4 atom stereocenters. The van der Waals surface area contributed by atoms with Gasteiger partial charge < -0.3 is 14.2 Å². The van der Waals surface area contributed by atoms with E-state index in [0.29, 0.717) is 5.56 Å². The first-order chi connectivity index (χ1) is 21.8. The monoisotopic (exact) mass is 633 g/mol. The first-order valence-corrected chi connectivity index (χ1v) is 13.7. The van der Waals surface area contributed by atoms with Crippen LogP contribution in [0.25, 0.3) is 10.4 Å². The molecule has 1 N–H and O–H groups in total. The number of carbonyl (C=O) groups excluding carboxylic acids is 2. The quantitative estimate of drug-likeness (QED) is 0.0627. The molecule has 14 nitrogen and oxygen atoms in total. The Balaban J connectivity index is 1.55. The Morgan fingerprint density at radius 1 is 0.978 bits per heavy atom. The maximum atomic E-state index is 13.3. The maximum absolute atomic E-state index is 13.3. The first kappa shape index (κ1) is 31.2. The van der Waals surface area contributed by atoms with Crippen molar-refractivity contribution in [2.45, 2.75) is 30.8 Å². The van der Waals surface area contributed by atoms with Gasteiger partial charge in [-0.3, -0.25) is 14.3 Å². The van der Waals surface area contributed by atoms with Crippen molar-refractivity contribution in [1.29, 1.82) is 0 Å². The molecule has 0 radical (unpaired) electrons. The van der Waals surface area contributed by atoms with Crippen LogP contribution in [0.15, 0.2) is 112 Å². The van der Waals surface area contributed by atoms with Gasteiger partial charge in [-0.2, -0.15) is 0 Å². The fourth-order valence-corrected chi connectivity index (χ4v) is 4.72. The minimum absolute atomic E-state index is 0.0711. The average Bonchev–Trinajstić information content (AvgIpc) is 3.33. The number of halogens is 1. The lowest BCUT2D eigenvalue weighted by Crippen LogP contribution is -2.49. The third-order valence-corrected chi connectivity index (χ3v) is 6.88. The highest BCUT2D eigenvalue weighted by molar-refractivity contribution is 6.30. The van der Waals surface area contributed by atoms with Gasteiger partial charge in [0.1, 0.15) is 13.2 Å². The molecule has 230 valence electrons. The van der Waals surface area contributed by atoms with Gasteiger partial charge in [0.15, 0.2) is 18.4 Å². The molecule has 0 spiro atoms. The normalized spacial score (nSPS) is 20.6. The van der Waals surface area contributed by atoms with Gasteiger partial charge in [-0.05, 0) is 41.4 Å². The zero-order valence-corrected chi connectivity index (χ0v) is 24.0. The maximum Gasteiger partial charge on any atom is 0.338 e. The molecule has 3 aromatic carbocycles. The van der Waals surface area contributed by atoms with Gasteiger partial charge in [0.25, 0.3) is 5.56 Å². The number of hydrogen-bond donors (Lipinski definition) is 1. The van der Waals surface area contributed by atoms with Crippen LogP contribution < -0.4 is 11.2 Å². The van der Waals surface area contributed by atoms with Crippen LogP contribution in [0.3, 0.4) is 0 Å². The van der Waals surface area contributed by atoms with Crippen LogP contribution in [0.1, 0.15) is 32.5 Å². The minimum atomic E-state index is -2.30. The topological polar surface area (TPSA) is 184 Å². The first-order valence-electron chi connectivity index (χ1n) is 13.4. The van der Waals surface area contributed by atoms with Crippen LogP contribution in [0.4, 0.5) is 0 Å². The Morgan fingerprint density at radius 2 is 1.69 bits per heavy atom. The second kappa shape index (κ2) is 14.0. The number of rotatable bonds is 11. The van der Waals surface area contributed by atoms with Crippen LogP contribution >= 0.6 is 11.6 Å². The summed E-state index contributed by atoms with van der Waals surface area (Å²) in [5.41, 5.74) is 6.61. The number of aromatic amines is 1. The lowest BCUT2D eigenvalue weighted by atomic mass is 10.0. The number of nitrogens with zero attached hydrogens (tertiary/aromatic N) is 4. The summed E-state index contributed by atoms with van der Waals surface area (Å²) in [6, 6.07) is 23.7. The molecule has 5 rings (SSSR count). The van der Waals surface area contributed by atoms with Crippen molar-refractivity contribution in [3.05, 3.63) is 150 Å². The summed E-state index contributed by atoms with van der Waals surface area (Å²) in [5, 5.41) is 4.03. The van der Waals surface area contributed by atoms with Crippen molar-refractivity contribution in [3.8, 4) is 0 Å². The number of azide groups is 1. The van der Waals surface area contributed by atoms with Gasteiger partial charge in [-0.1, -0.05) is 71.3 Å². The van der Waals surface area contributed by atoms with E-state index in [1.54, 1.807) is 48.5 Å². The smallest absolute Gasteiger partial charge is 0.338 e. The summed E-state index contributed by atoms with van der Waals surface area (Å²) < 4.78 is 18.3. The molecule has 0 amide bonds. The zero-order valence-electron chi connectivity index (χ0n) is 23.2. The number of ether oxygens (including phenoxy) is 3. The predicted octanol–water partition coefficient (Wildman–Crippen LogP) is 4.33. The second-order valence-electron chi connectivity index (χ2n) is 9.65. The number of carbonyl (C=O) groups is 2. The predicted molar refractivity (Wildman–Crippen MR) is 157 cm³/mol. The number of H-pyrrole nitrogens is 1. The third-order valence-electron chi connectivity index (χ3n) is 6.65. The van der Waals surface area contributed by atoms with E-state index in [1.165, 1.54) is 30.3 Å². The van der Waals surface area contributed by atoms with Crippen LogP contribution in [0, 0.1) is 0 Å². The van der Waals surface area contributed by atoms with E-state index in [9.17, 15) is 24.7 Å². The van der Waals surface area contributed by atoms with E-state index in [-0.39, 0.29) is 22.8 Å². The van der Waals surface area contributed by atoms with E-state index in [0.717, 1.165) is 16.8 Å². The third kappa shape index (κ3) is 7.29. The largest absolute Gasteiger partial charge is 0.459 e. The second-order valence-corrected chi connectivity index (χ2v) is 10.1. The molecule has 0 unspecified atom stereocenters. The highest BCUT2D eigenvalue weighted by atomic mass is 35.5. The van der Waals surface area contributed by atoms with Crippen molar-refractivity contribution in [2.24, 2.45) is 5.11 Å². The molecule has 1 aliphatic heterocycles. The van der Waals surface area contributed by atoms with Crippen LogP contribution in [-0.2, 0) is 30.6 Å². The van der Waals surface area contributed by atoms with E-state index < -0.39 is 54.0 Å². The summed E-state index contributed by atoms with van der Waals surface area (Å²) in [5.74, 6) is -1.75. The molecule has 0 aliphatic carbocycles. The molecule has 15 heteroatoms. The van der Waals surface area contributed by atoms with Crippen molar-refractivity contribution < 1.29 is 33.6 Å². The number of aromatic nitrogens is 2. The number of esters is 2. The molecule has 1 aromatic heterocycles. The summed E-state index contributed by atoms with van der Waals surface area (Å²) >= 11 is 6.01. The molecule has 1 saturated heterocycles. The number of hydrogen-bond acceptors (Lipinski definition) is 10. The van der Waals surface area contributed by atoms with Gasteiger partial charge in [-0.25, -0.2) is 24.2 Å². The summed E-state index contributed by atoms with van der Waals surface area (Å²) in [7, 11) is 0. The van der Waals surface area contributed by atoms with Gasteiger partial charge in [0, 0.05) is 22.2 Å². The fraction of sp³-hybridized carbons (Fsp3) is 0.200. The van der Waals surface area contributed by atoms with E-state index in [2.05, 4.69) is 15.0 Å². The molecule has 1 fully saturated rings. The van der Waals surface area contributed by atoms with Gasteiger partial charge in [0.05, 0.1) is 11.1 Å². The van der Waals surface area contributed by atoms with Crippen LogP contribution in [0.2, 0.25) is 5.02 Å². The molecule has 1 aliphatic rings. The zero-order chi connectivity index (χ0) is 31.8. The molecule has 0 saturated carbocycles. The Hall–Kier alpha value is -5.24. The van der Waals surface area contributed by atoms with Crippen molar-refractivity contribution in [1.82, 2.24) is 9.55 Å². The Kier molecular flexibility index (Phi) is 9.73. The molecule has 2 heterocycles. The molecule has 4 aromatic rings. The summed E-state index contributed by atoms with van der Waals surface area (Å²) in [4.78, 5) is 67.2. The SMILES string of the molecule is [N-]=[N+]=N[C@]1(COC(=O)c2cccc(Cl)c2)O[C@@H](n2ccc(=O)[nH]c2=O)[C@H](OOCc2ccccc2)[C@@H]1OC(=O)c1ccccc1. The molecular formula is C30H24ClN5O9. The van der Waals surface area contributed by atoms with Crippen molar-refractivity contribution in [2.75, 3.05) is 6.61 Å². The van der Waals surface area contributed by atoms with Gasteiger partial charge in [-0.15, -0.1) is 0 Å². The van der Waals surface area contributed by atoms with Crippen LogP contribution in [-0.4, -0.2) is 46.0 Å². The number of benzene rings is 3. The highest BCUT2D eigenvalue weighted by Gasteiger charge is 2.61. The molecule has 45 heavy (non-hydrogen) atoms. The lowest BCUT2D eigenvalue weighted by molar-refractivity contribution is -0.352. The van der Waals surface area contributed by atoms with Gasteiger partial charge >= 0.3 is 17.6 Å². The van der Waals surface area contributed by atoms with Crippen LogP contribution in [0.5, 0.6) is 0 Å². The van der Waals surface area contributed by atoms with Crippen molar-refractivity contribution in [3.63, 3.8) is 0 Å².